The van der Waals surface area contributed by atoms with Gasteiger partial charge in [0.15, 0.2) is 11.2 Å². The van der Waals surface area contributed by atoms with Crippen molar-refractivity contribution in [3.05, 3.63) is 16.7 Å². The number of hydrogen-bond donors (Lipinski definition) is 3. The summed E-state index contributed by atoms with van der Waals surface area (Å²) in [5.41, 5.74) is -0.330. The van der Waals surface area contributed by atoms with Crippen molar-refractivity contribution in [2.45, 2.75) is 45.1 Å². The van der Waals surface area contributed by atoms with Crippen molar-refractivity contribution in [1.29, 1.82) is 5.26 Å². The number of rotatable bonds is 9. The number of aliphatic hydroxyl groups is 1. The van der Waals surface area contributed by atoms with E-state index in [1.165, 1.54) is 10.9 Å². The standard InChI is InChI=1S/C17H21N6O7P/c1-9(2)15(25)21-17-20-14-13(16(26)22-17)19-8-23(14)12-6-10(11(7-24)29-12)30-31(27)28-5-3-4-18/h8-12,24H,3,5-7H2,1-2H3,(H-,20,21,22,25,26)/p+1. The third kappa shape index (κ3) is 5.30. The lowest BCUT2D eigenvalue weighted by atomic mass is 10.2. The Kier molecular flexibility index (Phi) is 7.42. The molecule has 3 rings (SSSR count). The lowest BCUT2D eigenvalue weighted by Gasteiger charge is -2.14. The molecule has 0 saturated carbocycles. The van der Waals surface area contributed by atoms with Crippen LogP contribution in [0.15, 0.2) is 11.1 Å². The molecule has 1 aliphatic rings. The Hall–Kier alpha value is -2.75. The summed E-state index contributed by atoms with van der Waals surface area (Å²) in [6.07, 6.45) is -0.705. The van der Waals surface area contributed by atoms with Gasteiger partial charge in [0.05, 0.1) is 25.4 Å². The molecule has 0 aliphatic carbocycles. The van der Waals surface area contributed by atoms with E-state index in [2.05, 4.69) is 20.3 Å². The van der Waals surface area contributed by atoms with Gasteiger partial charge in [-0.05, 0) is 0 Å². The smallest absolute Gasteiger partial charge is 0.394 e. The third-order valence-electron chi connectivity index (χ3n) is 4.50. The SMILES string of the molecule is CC(C)C(=O)Nc1nc2c(ncn2C2CC(O[P+](=O)OCCC#N)C(CO)O2)c(=O)[nH]1. The molecule has 13 nitrogen and oxygen atoms in total. The van der Waals surface area contributed by atoms with Crippen LogP contribution in [0, 0.1) is 17.2 Å². The van der Waals surface area contributed by atoms with Gasteiger partial charge in [-0.2, -0.15) is 10.2 Å². The van der Waals surface area contributed by atoms with Crippen LogP contribution in [-0.2, 0) is 23.1 Å². The van der Waals surface area contributed by atoms with E-state index in [9.17, 15) is 19.3 Å². The van der Waals surface area contributed by atoms with Gasteiger partial charge in [0.25, 0.3) is 5.56 Å². The zero-order chi connectivity index (χ0) is 22.5. The fraction of sp³-hybridized carbons (Fsp3) is 0.588. The van der Waals surface area contributed by atoms with E-state index < -0.39 is 38.9 Å². The fourth-order valence-corrected chi connectivity index (χ4v) is 3.65. The Labute approximate surface area is 177 Å². The molecule has 0 radical (unpaired) electrons. The highest BCUT2D eigenvalue weighted by Crippen LogP contribution is 2.38. The minimum absolute atomic E-state index is 0.0311. The maximum Gasteiger partial charge on any atom is 0.697 e. The van der Waals surface area contributed by atoms with Crippen LogP contribution >= 0.6 is 8.25 Å². The Bertz CT molecular complexity index is 1060. The number of anilines is 1. The van der Waals surface area contributed by atoms with Crippen LogP contribution in [0.4, 0.5) is 5.95 Å². The number of nitriles is 1. The molecule has 4 atom stereocenters. The summed E-state index contributed by atoms with van der Waals surface area (Å²) >= 11 is 0. The van der Waals surface area contributed by atoms with Gasteiger partial charge in [0.2, 0.25) is 11.9 Å². The Morgan fingerprint density at radius 3 is 3.03 bits per heavy atom. The molecule has 1 aliphatic heterocycles. The number of carbonyl (C=O) groups excluding carboxylic acids is 1. The molecule has 1 fully saturated rings. The maximum absolute atomic E-state index is 12.3. The fourth-order valence-electron chi connectivity index (χ4n) is 2.91. The number of hydrogen-bond acceptors (Lipinski definition) is 10. The molecule has 0 aromatic carbocycles. The van der Waals surface area contributed by atoms with E-state index in [0.717, 1.165) is 0 Å². The number of nitrogens with zero attached hydrogens (tertiary/aromatic N) is 4. The molecule has 0 spiro atoms. The molecule has 1 saturated heterocycles. The van der Waals surface area contributed by atoms with Crippen LogP contribution in [0.5, 0.6) is 0 Å². The number of fused-ring (bicyclic) bond motifs is 1. The van der Waals surface area contributed by atoms with Gasteiger partial charge in [-0.3, -0.25) is 24.5 Å². The largest absolute Gasteiger partial charge is 0.697 e. The highest BCUT2D eigenvalue weighted by molar-refractivity contribution is 7.33. The van der Waals surface area contributed by atoms with Crippen LogP contribution in [-0.4, -0.2) is 56.0 Å². The highest BCUT2D eigenvalue weighted by atomic mass is 31.1. The zero-order valence-corrected chi connectivity index (χ0v) is 17.7. The van der Waals surface area contributed by atoms with Gasteiger partial charge in [0, 0.05) is 16.9 Å². The Morgan fingerprint density at radius 1 is 1.58 bits per heavy atom. The number of nitrogens with one attached hydrogen (secondary N) is 2. The minimum atomic E-state index is -2.51. The molecule has 2 aromatic heterocycles. The van der Waals surface area contributed by atoms with E-state index in [-0.39, 0.29) is 48.4 Å². The van der Waals surface area contributed by atoms with E-state index in [1.54, 1.807) is 13.8 Å². The lowest BCUT2D eigenvalue weighted by molar-refractivity contribution is -0.118. The van der Waals surface area contributed by atoms with Crippen molar-refractivity contribution in [3.63, 3.8) is 0 Å². The summed E-state index contributed by atoms with van der Waals surface area (Å²) < 4.78 is 29.5. The molecular formula is C17H22N6O7P+. The van der Waals surface area contributed by atoms with Crippen LogP contribution in [0.2, 0.25) is 0 Å². The Morgan fingerprint density at radius 2 is 2.35 bits per heavy atom. The molecule has 3 N–H and O–H groups in total. The first kappa shape index (κ1) is 22.9. The maximum atomic E-state index is 12.3. The second-order valence-electron chi connectivity index (χ2n) is 7.04. The molecule has 4 unspecified atom stereocenters. The molecule has 0 bridgehead atoms. The van der Waals surface area contributed by atoms with Crippen LogP contribution in [0.1, 0.15) is 32.9 Å². The minimum Gasteiger partial charge on any atom is -0.394 e. The van der Waals surface area contributed by atoms with Crippen LogP contribution in [0.3, 0.4) is 0 Å². The summed E-state index contributed by atoms with van der Waals surface area (Å²) in [4.78, 5) is 35.0. The number of aromatic nitrogens is 4. The Balaban J connectivity index is 1.80. The first-order chi connectivity index (χ1) is 14.8. The molecule has 3 heterocycles. The number of amides is 1. The first-order valence-electron chi connectivity index (χ1n) is 9.52. The second-order valence-corrected chi connectivity index (χ2v) is 7.96. The molecule has 2 aromatic rings. The van der Waals surface area contributed by atoms with E-state index >= 15 is 0 Å². The average Bonchev–Trinajstić information content (AvgIpc) is 3.32. The van der Waals surface area contributed by atoms with Crippen LogP contribution in [0.25, 0.3) is 11.2 Å². The predicted octanol–water partition coefficient (Wildman–Crippen LogP) is 0.967. The van der Waals surface area contributed by atoms with E-state index in [4.69, 9.17) is 19.0 Å². The van der Waals surface area contributed by atoms with E-state index in [0.29, 0.717) is 0 Å². The number of ether oxygens (including phenoxy) is 1. The summed E-state index contributed by atoms with van der Waals surface area (Å²) in [6.45, 7) is 2.95. The molecule has 1 amide bonds. The van der Waals surface area contributed by atoms with Crippen molar-refractivity contribution >= 4 is 31.3 Å². The summed E-state index contributed by atoms with van der Waals surface area (Å²) in [5.74, 6) is -0.666. The molecule has 31 heavy (non-hydrogen) atoms. The van der Waals surface area contributed by atoms with Gasteiger partial charge in [-0.25, -0.2) is 4.98 Å². The van der Waals surface area contributed by atoms with Gasteiger partial charge >= 0.3 is 8.25 Å². The van der Waals surface area contributed by atoms with Gasteiger partial charge in [-0.1, -0.05) is 13.8 Å². The topological polar surface area (TPSA) is 181 Å². The van der Waals surface area contributed by atoms with Gasteiger partial charge < -0.3 is 9.84 Å². The summed E-state index contributed by atoms with van der Waals surface area (Å²) in [5, 5.41) is 20.6. The number of aromatic amines is 1. The van der Waals surface area contributed by atoms with Crippen LogP contribution < -0.4 is 10.9 Å². The van der Waals surface area contributed by atoms with Gasteiger partial charge in [0.1, 0.15) is 25.0 Å². The van der Waals surface area contributed by atoms with Crippen molar-refractivity contribution in [1.82, 2.24) is 19.5 Å². The van der Waals surface area contributed by atoms with Crippen molar-refractivity contribution in [2.75, 3.05) is 18.5 Å². The molecule has 166 valence electrons. The lowest BCUT2D eigenvalue weighted by Crippen LogP contribution is -2.26. The summed E-state index contributed by atoms with van der Waals surface area (Å²) in [7, 11) is -2.51. The zero-order valence-electron chi connectivity index (χ0n) is 16.8. The predicted molar refractivity (Wildman–Crippen MR) is 106 cm³/mol. The first-order valence-corrected chi connectivity index (χ1v) is 10.6. The average molecular weight is 453 g/mol. The number of imidazole rings is 1. The highest BCUT2D eigenvalue weighted by Gasteiger charge is 2.43. The van der Waals surface area contributed by atoms with E-state index in [1.807, 2.05) is 6.07 Å². The number of carbonyl (C=O) groups is 1. The number of H-pyrrole nitrogens is 1. The van der Waals surface area contributed by atoms with Crippen molar-refractivity contribution in [2.24, 2.45) is 5.92 Å². The summed E-state index contributed by atoms with van der Waals surface area (Å²) in [6, 6.07) is 1.86. The van der Waals surface area contributed by atoms with Crippen molar-refractivity contribution in [3.8, 4) is 6.07 Å². The quantitative estimate of drug-likeness (QED) is 0.365. The normalized spacial score (nSPS) is 21.4. The molecule has 14 heteroatoms. The number of aliphatic hydroxyl groups excluding tert-OH is 1. The second kappa shape index (κ2) is 10.0. The molecular weight excluding hydrogens is 431 g/mol. The van der Waals surface area contributed by atoms with Crippen molar-refractivity contribution < 1.29 is 28.3 Å². The van der Waals surface area contributed by atoms with Gasteiger partial charge in [-0.15, -0.1) is 9.05 Å². The monoisotopic (exact) mass is 453 g/mol. The third-order valence-corrected chi connectivity index (χ3v) is 5.34.